The molecule has 4 aromatic rings. The summed E-state index contributed by atoms with van der Waals surface area (Å²) in [6.45, 7) is 0. The van der Waals surface area contributed by atoms with Gasteiger partial charge in [-0.3, -0.25) is 14.2 Å². The second-order valence-electron chi connectivity index (χ2n) is 6.78. The number of carbonyl (C=O) groups excluding carboxylic acids is 1. The van der Waals surface area contributed by atoms with Crippen LogP contribution in [-0.2, 0) is 6.42 Å². The van der Waals surface area contributed by atoms with Crippen LogP contribution in [0, 0.1) is 0 Å². The van der Waals surface area contributed by atoms with Crippen LogP contribution in [0.4, 0.5) is 5.82 Å². The van der Waals surface area contributed by atoms with Gasteiger partial charge in [-0.15, -0.1) is 0 Å². The maximum Gasteiger partial charge on any atom is 0.208 e. The van der Waals surface area contributed by atoms with Gasteiger partial charge in [-0.1, -0.05) is 66.7 Å². The van der Waals surface area contributed by atoms with E-state index in [4.69, 9.17) is 4.99 Å². The molecule has 3 heterocycles. The number of imidazole rings is 1. The molecule has 2 aromatic carbocycles. The predicted octanol–water partition coefficient (Wildman–Crippen LogP) is 4.00. The summed E-state index contributed by atoms with van der Waals surface area (Å²) in [6.07, 6.45) is 2.41. The molecule has 5 rings (SSSR count). The molecule has 0 spiro atoms. The van der Waals surface area contributed by atoms with Gasteiger partial charge in [-0.2, -0.15) is 0 Å². The number of amidine groups is 1. The number of anilines is 1. The van der Waals surface area contributed by atoms with Gasteiger partial charge in [0.1, 0.15) is 23.2 Å². The lowest BCUT2D eigenvalue weighted by molar-refractivity contribution is 0.0958. The Balaban J connectivity index is 1.66. The van der Waals surface area contributed by atoms with Gasteiger partial charge in [0.2, 0.25) is 5.78 Å². The van der Waals surface area contributed by atoms with Gasteiger partial charge >= 0.3 is 0 Å². The molecule has 0 radical (unpaired) electrons. The monoisotopic (exact) mass is 366 g/mol. The Bertz CT molecular complexity index is 1180. The van der Waals surface area contributed by atoms with E-state index in [1.807, 2.05) is 89.5 Å². The fraction of sp³-hybridized carbons (Fsp3) is 0.0870. The van der Waals surface area contributed by atoms with E-state index >= 15 is 0 Å². The minimum Gasteiger partial charge on any atom is -0.323 e. The van der Waals surface area contributed by atoms with Crippen LogP contribution in [-0.4, -0.2) is 27.0 Å². The number of pyridine rings is 1. The minimum atomic E-state index is -0.522. The third-order valence-corrected chi connectivity index (χ3v) is 4.91. The molecule has 0 aliphatic carbocycles. The van der Waals surface area contributed by atoms with Crippen molar-refractivity contribution < 1.29 is 4.79 Å². The lowest BCUT2D eigenvalue weighted by Gasteiger charge is -2.12. The highest BCUT2D eigenvalue weighted by molar-refractivity contribution is 6.15. The van der Waals surface area contributed by atoms with Gasteiger partial charge in [-0.05, 0) is 17.7 Å². The number of nitrogens with one attached hydrogen (secondary N) is 1. The van der Waals surface area contributed by atoms with E-state index in [0.717, 1.165) is 16.8 Å². The number of Topliss-reactive ketones (excluding diaryl/α,β-unsaturated/α-hetero) is 1. The molecule has 0 unspecified atom stereocenters. The second-order valence-corrected chi connectivity index (χ2v) is 6.78. The van der Waals surface area contributed by atoms with E-state index in [0.29, 0.717) is 23.8 Å². The van der Waals surface area contributed by atoms with Crippen LogP contribution in [0.15, 0.2) is 90.1 Å². The van der Waals surface area contributed by atoms with Crippen molar-refractivity contribution in [2.75, 3.05) is 5.32 Å². The van der Waals surface area contributed by atoms with Crippen molar-refractivity contribution in [3.63, 3.8) is 0 Å². The number of aromatic nitrogens is 2. The Morgan fingerprint density at radius 1 is 0.893 bits per heavy atom. The third-order valence-electron chi connectivity index (χ3n) is 4.91. The smallest absolute Gasteiger partial charge is 0.208 e. The Kier molecular flexibility index (Phi) is 3.98. The van der Waals surface area contributed by atoms with E-state index in [1.165, 1.54) is 0 Å². The summed E-state index contributed by atoms with van der Waals surface area (Å²) in [7, 11) is 0. The standard InChI is InChI=1S/C23H18N4O/c28-21-18(15-16-9-3-1-4-10-16)24-22(17-11-5-2-6-12-17)26-23-20(21)27-14-8-7-13-19(27)25-23/h1-14,18H,15H2,(H,24,26)/t18-/m0/s1. The molecule has 0 saturated heterocycles. The lowest BCUT2D eigenvalue weighted by atomic mass is 10.0. The van der Waals surface area contributed by atoms with Gasteiger partial charge in [-0.25, -0.2) is 4.98 Å². The number of hydrogen-bond acceptors (Lipinski definition) is 4. The maximum absolute atomic E-state index is 13.5. The number of ketones is 1. The molecule has 0 bridgehead atoms. The first-order valence-corrected chi connectivity index (χ1v) is 9.25. The average molecular weight is 366 g/mol. The predicted molar refractivity (Wildman–Crippen MR) is 110 cm³/mol. The fourth-order valence-corrected chi connectivity index (χ4v) is 3.55. The van der Waals surface area contributed by atoms with Gasteiger partial charge in [0, 0.05) is 18.2 Å². The first-order valence-electron chi connectivity index (χ1n) is 9.25. The molecular weight excluding hydrogens is 348 g/mol. The highest BCUT2D eigenvalue weighted by Crippen LogP contribution is 2.25. The Morgan fingerprint density at radius 3 is 2.39 bits per heavy atom. The number of carbonyl (C=O) groups is 1. The first kappa shape index (κ1) is 16.4. The summed E-state index contributed by atoms with van der Waals surface area (Å²) >= 11 is 0. The van der Waals surface area contributed by atoms with Crippen molar-refractivity contribution >= 4 is 23.1 Å². The highest BCUT2D eigenvalue weighted by Gasteiger charge is 2.31. The van der Waals surface area contributed by atoms with Crippen LogP contribution in [0.3, 0.4) is 0 Å². The van der Waals surface area contributed by atoms with E-state index in [2.05, 4.69) is 10.3 Å². The number of hydrogen-bond donors (Lipinski definition) is 1. The summed E-state index contributed by atoms with van der Waals surface area (Å²) in [5.41, 5.74) is 3.29. The number of rotatable bonds is 3. The van der Waals surface area contributed by atoms with Crippen molar-refractivity contribution in [3.8, 4) is 0 Å². The van der Waals surface area contributed by atoms with Crippen molar-refractivity contribution in [2.24, 2.45) is 4.99 Å². The highest BCUT2D eigenvalue weighted by atomic mass is 16.1. The van der Waals surface area contributed by atoms with Gasteiger partial charge in [0.15, 0.2) is 5.82 Å². The molecule has 5 heteroatoms. The Hall–Kier alpha value is -3.73. The van der Waals surface area contributed by atoms with E-state index in [9.17, 15) is 4.79 Å². The van der Waals surface area contributed by atoms with E-state index in [1.54, 1.807) is 0 Å². The normalized spacial score (nSPS) is 16.2. The van der Waals surface area contributed by atoms with Crippen molar-refractivity contribution in [1.29, 1.82) is 0 Å². The second kappa shape index (κ2) is 6.78. The molecule has 136 valence electrons. The molecule has 0 amide bonds. The zero-order valence-corrected chi connectivity index (χ0v) is 15.1. The van der Waals surface area contributed by atoms with Crippen molar-refractivity contribution in [3.05, 3.63) is 102 Å². The molecule has 1 N–H and O–H groups in total. The summed E-state index contributed by atoms with van der Waals surface area (Å²) < 4.78 is 1.84. The SMILES string of the molecule is O=C1c2c(nc3ccccn23)NC(c2ccccc2)=N[C@H]1Cc1ccccc1. The summed E-state index contributed by atoms with van der Waals surface area (Å²) in [5.74, 6) is 1.18. The molecule has 1 aliphatic heterocycles. The molecule has 0 fully saturated rings. The maximum atomic E-state index is 13.5. The van der Waals surface area contributed by atoms with Crippen LogP contribution < -0.4 is 5.32 Å². The van der Waals surface area contributed by atoms with Gasteiger partial charge < -0.3 is 5.32 Å². The lowest BCUT2D eigenvalue weighted by Crippen LogP contribution is -2.23. The van der Waals surface area contributed by atoms with Crippen LogP contribution in [0.2, 0.25) is 0 Å². The minimum absolute atomic E-state index is 0.0315. The van der Waals surface area contributed by atoms with Gasteiger partial charge in [0.05, 0.1) is 0 Å². The van der Waals surface area contributed by atoms with Crippen molar-refractivity contribution in [1.82, 2.24) is 9.38 Å². The van der Waals surface area contributed by atoms with Crippen LogP contribution >= 0.6 is 0 Å². The molecule has 2 aromatic heterocycles. The number of aliphatic imine (C=N–C) groups is 1. The molecule has 0 saturated carbocycles. The summed E-state index contributed by atoms with van der Waals surface area (Å²) in [4.78, 5) is 22.9. The Morgan fingerprint density at radius 2 is 1.61 bits per heavy atom. The largest absolute Gasteiger partial charge is 0.323 e. The number of benzene rings is 2. The first-order chi connectivity index (χ1) is 13.8. The topological polar surface area (TPSA) is 58.8 Å². The molecule has 1 aliphatic rings. The fourth-order valence-electron chi connectivity index (χ4n) is 3.55. The zero-order chi connectivity index (χ0) is 18.9. The third kappa shape index (κ3) is 2.87. The summed E-state index contributed by atoms with van der Waals surface area (Å²) in [6, 6.07) is 25.0. The Labute approximate surface area is 162 Å². The quantitative estimate of drug-likeness (QED) is 0.596. The molecular formula is C23H18N4O. The summed E-state index contributed by atoms with van der Waals surface area (Å²) in [5, 5.41) is 3.31. The zero-order valence-electron chi connectivity index (χ0n) is 15.1. The van der Waals surface area contributed by atoms with Crippen molar-refractivity contribution in [2.45, 2.75) is 12.5 Å². The van der Waals surface area contributed by atoms with Gasteiger partial charge in [0.25, 0.3) is 0 Å². The number of fused-ring (bicyclic) bond motifs is 3. The molecule has 5 nitrogen and oxygen atoms in total. The molecule has 1 atom stereocenters. The van der Waals surface area contributed by atoms with E-state index in [-0.39, 0.29) is 5.78 Å². The van der Waals surface area contributed by atoms with Crippen LogP contribution in [0.5, 0.6) is 0 Å². The average Bonchev–Trinajstić information content (AvgIpc) is 3.05. The number of nitrogens with zero attached hydrogens (tertiary/aromatic N) is 3. The van der Waals surface area contributed by atoms with Crippen LogP contribution in [0.25, 0.3) is 5.65 Å². The molecule has 28 heavy (non-hydrogen) atoms. The van der Waals surface area contributed by atoms with E-state index < -0.39 is 6.04 Å². The van der Waals surface area contributed by atoms with Crippen LogP contribution in [0.1, 0.15) is 21.6 Å².